The van der Waals surface area contributed by atoms with Crippen molar-refractivity contribution < 1.29 is 9.59 Å². The Bertz CT molecular complexity index is 892. The van der Waals surface area contributed by atoms with Crippen molar-refractivity contribution in [3.63, 3.8) is 0 Å². The molecule has 1 aromatic carbocycles. The molecule has 1 saturated heterocycles. The second kappa shape index (κ2) is 8.93. The van der Waals surface area contributed by atoms with E-state index in [1.54, 1.807) is 12.1 Å². The molecule has 7 heteroatoms. The van der Waals surface area contributed by atoms with E-state index in [-0.39, 0.29) is 23.4 Å². The van der Waals surface area contributed by atoms with Gasteiger partial charge in [0.25, 0.3) is 5.91 Å². The number of pyridine rings is 1. The molecule has 6 nitrogen and oxygen atoms in total. The average Bonchev–Trinajstić information content (AvgIpc) is 3.53. The zero-order valence-electron chi connectivity index (χ0n) is 16.2. The Kier molecular flexibility index (Phi) is 6.11. The summed E-state index contributed by atoms with van der Waals surface area (Å²) in [5, 5.41) is 6.48. The first kappa shape index (κ1) is 19.9. The van der Waals surface area contributed by atoms with E-state index in [4.69, 9.17) is 11.6 Å². The van der Waals surface area contributed by atoms with Crippen molar-refractivity contribution in [1.82, 2.24) is 15.2 Å². The van der Waals surface area contributed by atoms with Crippen LogP contribution >= 0.6 is 11.6 Å². The molecule has 2 aliphatic rings. The van der Waals surface area contributed by atoms with Gasteiger partial charge in [-0.05, 0) is 68.6 Å². The quantitative estimate of drug-likeness (QED) is 0.761. The largest absolute Gasteiger partial charge is 0.353 e. The number of hydrogen-bond acceptors (Lipinski definition) is 4. The lowest BCUT2D eigenvalue weighted by atomic mass is 9.95. The van der Waals surface area contributed by atoms with Crippen LogP contribution in [0.2, 0.25) is 5.02 Å². The van der Waals surface area contributed by atoms with E-state index in [0.29, 0.717) is 11.1 Å². The van der Waals surface area contributed by atoms with Crippen molar-refractivity contribution in [2.45, 2.75) is 38.3 Å². The summed E-state index contributed by atoms with van der Waals surface area (Å²) in [5.41, 5.74) is 2.14. The van der Waals surface area contributed by atoms with Crippen molar-refractivity contribution in [3.8, 4) is 0 Å². The molecule has 2 aromatic rings. The molecule has 0 atom stereocenters. The van der Waals surface area contributed by atoms with Gasteiger partial charge in [-0.1, -0.05) is 23.7 Å². The Morgan fingerprint density at radius 2 is 1.90 bits per heavy atom. The number of hydrogen-bond donors (Lipinski definition) is 2. The summed E-state index contributed by atoms with van der Waals surface area (Å²) >= 11 is 5.93. The number of nitrogens with one attached hydrogen (secondary N) is 2. The van der Waals surface area contributed by atoms with E-state index in [2.05, 4.69) is 26.6 Å². The molecular formula is C22H25ClN4O2. The van der Waals surface area contributed by atoms with Gasteiger partial charge in [0.05, 0.1) is 0 Å². The van der Waals surface area contributed by atoms with Crippen LogP contribution in [0.3, 0.4) is 0 Å². The molecule has 4 rings (SSSR count). The average molecular weight is 413 g/mol. The molecule has 29 heavy (non-hydrogen) atoms. The van der Waals surface area contributed by atoms with Crippen molar-refractivity contribution in [1.29, 1.82) is 0 Å². The van der Waals surface area contributed by atoms with Gasteiger partial charge in [0, 0.05) is 35.4 Å². The predicted molar refractivity (Wildman–Crippen MR) is 113 cm³/mol. The minimum atomic E-state index is -0.285. The molecule has 1 aliphatic heterocycles. The van der Waals surface area contributed by atoms with Crippen LogP contribution in [-0.4, -0.2) is 40.8 Å². The van der Waals surface area contributed by atoms with Crippen LogP contribution in [0.5, 0.6) is 0 Å². The van der Waals surface area contributed by atoms with E-state index in [0.717, 1.165) is 56.6 Å². The van der Waals surface area contributed by atoms with Crippen LogP contribution in [0.1, 0.15) is 41.7 Å². The van der Waals surface area contributed by atoms with Gasteiger partial charge >= 0.3 is 0 Å². The number of aromatic nitrogens is 1. The van der Waals surface area contributed by atoms with Crippen molar-refractivity contribution in [2.24, 2.45) is 5.92 Å². The highest BCUT2D eigenvalue weighted by atomic mass is 35.5. The second-order valence-electron chi connectivity index (χ2n) is 7.85. The fourth-order valence-electron chi connectivity index (χ4n) is 3.63. The van der Waals surface area contributed by atoms with Gasteiger partial charge in [0.15, 0.2) is 0 Å². The number of likely N-dealkylation sites (tertiary alicyclic amines) is 1. The lowest BCUT2D eigenvalue weighted by Crippen LogP contribution is -2.40. The van der Waals surface area contributed by atoms with Gasteiger partial charge in [-0.25, -0.2) is 0 Å². The zero-order valence-corrected chi connectivity index (χ0v) is 17.0. The van der Waals surface area contributed by atoms with Crippen LogP contribution in [0.4, 0.5) is 5.69 Å². The smallest absolute Gasteiger partial charge is 0.274 e. The second-order valence-corrected chi connectivity index (χ2v) is 8.28. The van der Waals surface area contributed by atoms with Gasteiger partial charge in [-0.3, -0.25) is 19.5 Å². The van der Waals surface area contributed by atoms with Gasteiger partial charge in [0.1, 0.15) is 5.69 Å². The molecule has 0 radical (unpaired) electrons. The maximum atomic E-state index is 12.4. The fourth-order valence-corrected chi connectivity index (χ4v) is 3.79. The third-order valence-corrected chi connectivity index (χ3v) is 5.66. The van der Waals surface area contributed by atoms with Crippen LogP contribution in [0.25, 0.3) is 0 Å². The Labute approximate surface area is 175 Å². The number of amides is 2. The Balaban J connectivity index is 1.30. The highest BCUT2D eigenvalue weighted by Gasteiger charge is 2.29. The molecular weight excluding hydrogens is 388 g/mol. The topological polar surface area (TPSA) is 74.3 Å². The summed E-state index contributed by atoms with van der Waals surface area (Å²) in [5.74, 6) is 0.0845. The molecule has 2 heterocycles. The molecule has 2 fully saturated rings. The van der Waals surface area contributed by atoms with E-state index >= 15 is 0 Å². The highest BCUT2D eigenvalue weighted by molar-refractivity contribution is 6.30. The van der Waals surface area contributed by atoms with Crippen molar-refractivity contribution in [3.05, 3.63) is 58.9 Å². The van der Waals surface area contributed by atoms with E-state index < -0.39 is 0 Å². The number of halogens is 1. The molecule has 0 spiro atoms. The number of rotatable bonds is 6. The van der Waals surface area contributed by atoms with Crippen LogP contribution in [0.15, 0.2) is 42.6 Å². The molecule has 2 N–H and O–H groups in total. The van der Waals surface area contributed by atoms with Crippen LogP contribution in [-0.2, 0) is 11.3 Å². The first-order valence-corrected chi connectivity index (χ1v) is 10.5. The lowest BCUT2D eigenvalue weighted by molar-refractivity contribution is -0.126. The van der Waals surface area contributed by atoms with Crippen LogP contribution < -0.4 is 10.6 Å². The van der Waals surface area contributed by atoms with Gasteiger partial charge in [-0.2, -0.15) is 0 Å². The standard InChI is InChI=1S/C22H25ClN4O2/c23-17-6-9-24-20(13-17)22(29)26-19-3-1-2-15(12-19)14-27-10-7-16(8-11-27)21(28)25-18-4-5-18/h1-3,6,9,12-13,16,18H,4-5,7-8,10-11,14H2,(H,25,28)(H,26,29). The third-order valence-electron chi connectivity index (χ3n) is 5.43. The molecule has 1 aromatic heterocycles. The summed E-state index contributed by atoms with van der Waals surface area (Å²) in [6.07, 6.45) is 5.57. The highest BCUT2D eigenvalue weighted by Crippen LogP contribution is 2.24. The molecule has 152 valence electrons. The first-order valence-electron chi connectivity index (χ1n) is 10.1. The lowest BCUT2D eigenvalue weighted by Gasteiger charge is -2.31. The SMILES string of the molecule is O=C(Nc1cccc(CN2CCC(C(=O)NC3CC3)CC2)c1)c1cc(Cl)ccn1. The van der Waals surface area contributed by atoms with Gasteiger partial charge < -0.3 is 10.6 Å². The maximum absolute atomic E-state index is 12.4. The Morgan fingerprint density at radius 3 is 2.62 bits per heavy atom. The normalized spacial score (nSPS) is 17.7. The van der Waals surface area contributed by atoms with E-state index in [1.165, 1.54) is 6.20 Å². The monoisotopic (exact) mass is 412 g/mol. The van der Waals surface area contributed by atoms with Crippen molar-refractivity contribution in [2.75, 3.05) is 18.4 Å². The number of nitrogens with zero attached hydrogens (tertiary/aromatic N) is 2. The number of anilines is 1. The number of piperidine rings is 1. The number of carbonyl (C=O) groups excluding carboxylic acids is 2. The minimum absolute atomic E-state index is 0.141. The summed E-state index contributed by atoms with van der Waals surface area (Å²) < 4.78 is 0. The fraction of sp³-hybridized carbons (Fsp3) is 0.409. The molecule has 2 amide bonds. The summed E-state index contributed by atoms with van der Waals surface area (Å²) in [4.78, 5) is 31.0. The first-order chi connectivity index (χ1) is 14.1. The number of carbonyl (C=O) groups is 2. The number of benzene rings is 1. The van der Waals surface area contributed by atoms with E-state index in [9.17, 15) is 9.59 Å². The zero-order chi connectivity index (χ0) is 20.2. The van der Waals surface area contributed by atoms with E-state index in [1.807, 2.05) is 18.2 Å². The van der Waals surface area contributed by atoms with Gasteiger partial charge in [0.2, 0.25) is 5.91 Å². The molecule has 1 aliphatic carbocycles. The third kappa shape index (κ3) is 5.55. The predicted octanol–water partition coefficient (Wildman–Crippen LogP) is 3.48. The molecule has 0 bridgehead atoms. The van der Waals surface area contributed by atoms with Crippen LogP contribution in [0, 0.1) is 5.92 Å². The minimum Gasteiger partial charge on any atom is -0.353 e. The Hall–Kier alpha value is -2.44. The summed E-state index contributed by atoms with van der Waals surface area (Å²) in [6.45, 7) is 2.62. The summed E-state index contributed by atoms with van der Waals surface area (Å²) in [6, 6.07) is 11.4. The van der Waals surface area contributed by atoms with Gasteiger partial charge in [-0.15, -0.1) is 0 Å². The molecule has 0 unspecified atom stereocenters. The maximum Gasteiger partial charge on any atom is 0.274 e. The molecule has 1 saturated carbocycles. The summed E-state index contributed by atoms with van der Waals surface area (Å²) in [7, 11) is 0. The van der Waals surface area contributed by atoms with Crippen molar-refractivity contribution >= 4 is 29.1 Å². The Morgan fingerprint density at radius 1 is 1.10 bits per heavy atom.